The van der Waals surface area contributed by atoms with E-state index in [0.29, 0.717) is 4.47 Å². The van der Waals surface area contributed by atoms with Crippen molar-refractivity contribution in [2.75, 3.05) is 0 Å². The van der Waals surface area contributed by atoms with E-state index in [2.05, 4.69) is 20.7 Å². The zero-order valence-electron chi connectivity index (χ0n) is 8.60. The number of ether oxygens (including phenoxy) is 1. The molecule has 0 saturated carbocycles. The number of carbonyl (C=O) groups is 1. The van der Waals surface area contributed by atoms with Crippen LogP contribution in [0.2, 0.25) is 0 Å². The van der Waals surface area contributed by atoms with Crippen LogP contribution in [0.15, 0.2) is 28.7 Å². The summed E-state index contributed by atoms with van der Waals surface area (Å²) < 4.78 is 65.0. The first-order valence-corrected chi connectivity index (χ1v) is 5.30. The Bertz CT molecular complexity index is 444. The molecule has 0 aromatic heterocycles. The van der Waals surface area contributed by atoms with Crippen LogP contribution in [0.1, 0.15) is 5.56 Å². The fraction of sp³-hybridized carbons (Fsp3) is 0.300. The zero-order chi connectivity index (χ0) is 14.0. The summed E-state index contributed by atoms with van der Waals surface area (Å²) in [6, 6.07) is 5.99. The molecule has 0 heterocycles. The van der Waals surface area contributed by atoms with Crippen LogP contribution < -0.4 is 0 Å². The van der Waals surface area contributed by atoms with Gasteiger partial charge in [-0.25, -0.2) is 4.79 Å². The monoisotopic (exact) mass is 332 g/mol. The van der Waals surface area contributed by atoms with Crippen LogP contribution in [-0.4, -0.2) is 18.1 Å². The SMILES string of the molecule is O=C(OCc1cccc(Br)c1)C(F)(F)C(F)(F)F. The lowest BCUT2D eigenvalue weighted by atomic mass is 10.2. The summed E-state index contributed by atoms with van der Waals surface area (Å²) in [5, 5.41) is 0. The Kier molecular flexibility index (Phi) is 4.31. The van der Waals surface area contributed by atoms with E-state index in [1.807, 2.05) is 0 Å². The molecule has 0 amide bonds. The molecule has 0 aliphatic rings. The highest BCUT2D eigenvalue weighted by Crippen LogP contribution is 2.36. The van der Waals surface area contributed by atoms with Gasteiger partial charge in [0.25, 0.3) is 0 Å². The maximum Gasteiger partial charge on any atom is 0.465 e. The molecule has 0 spiro atoms. The van der Waals surface area contributed by atoms with Crippen molar-refractivity contribution in [1.29, 1.82) is 0 Å². The highest BCUT2D eigenvalue weighted by atomic mass is 79.9. The first-order valence-electron chi connectivity index (χ1n) is 4.51. The van der Waals surface area contributed by atoms with Gasteiger partial charge in [0.15, 0.2) is 0 Å². The van der Waals surface area contributed by atoms with Crippen LogP contribution in [-0.2, 0) is 16.1 Å². The Morgan fingerprint density at radius 2 is 1.83 bits per heavy atom. The lowest BCUT2D eigenvalue weighted by Gasteiger charge is -2.17. The molecule has 0 atom stereocenters. The first kappa shape index (κ1) is 14.9. The second-order valence-corrected chi connectivity index (χ2v) is 4.19. The molecule has 0 fully saturated rings. The van der Waals surface area contributed by atoms with Gasteiger partial charge in [-0.05, 0) is 17.7 Å². The predicted octanol–water partition coefficient (Wildman–Crippen LogP) is 3.69. The Morgan fingerprint density at radius 1 is 1.22 bits per heavy atom. The summed E-state index contributed by atoms with van der Waals surface area (Å²) in [6.45, 7) is -0.663. The number of benzene rings is 1. The maximum absolute atomic E-state index is 12.5. The van der Waals surface area contributed by atoms with Crippen molar-refractivity contribution in [1.82, 2.24) is 0 Å². The second kappa shape index (κ2) is 5.21. The fourth-order valence-corrected chi connectivity index (χ4v) is 1.43. The van der Waals surface area contributed by atoms with Crippen LogP contribution in [0.25, 0.3) is 0 Å². The van der Waals surface area contributed by atoms with E-state index < -0.39 is 24.7 Å². The van der Waals surface area contributed by atoms with Crippen molar-refractivity contribution in [2.24, 2.45) is 0 Å². The van der Waals surface area contributed by atoms with Crippen molar-refractivity contribution in [3.05, 3.63) is 34.3 Å². The molecule has 0 bridgehead atoms. The molecule has 0 aliphatic heterocycles. The normalized spacial score (nSPS) is 12.3. The number of halogens is 6. The van der Waals surface area contributed by atoms with Crippen molar-refractivity contribution in [3.8, 4) is 0 Å². The van der Waals surface area contributed by atoms with Gasteiger partial charge in [-0.1, -0.05) is 28.1 Å². The minimum absolute atomic E-state index is 0.288. The summed E-state index contributed by atoms with van der Waals surface area (Å²) in [5.41, 5.74) is 0.288. The average Bonchev–Trinajstić information content (AvgIpc) is 2.24. The molecule has 1 aromatic rings. The number of esters is 1. The Labute approximate surface area is 107 Å². The number of carbonyl (C=O) groups excluding carboxylic acids is 1. The molecule has 1 aromatic carbocycles. The van der Waals surface area contributed by atoms with Gasteiger partial charge in [-0.15, -0.1) is 0 Å². The number of hydrogen-bond donors (Lipinski definition) is 0. The minimum Gasteiger partial charge on any atom is -0.456 e. The molecule has 0 aliphatic carbocycles. The van der Waals surface area contributed by atoms with E-state index in [9.17, 15) is 26.7 Å². The summed E-state index contributed by atoms with van der Waals surface area (Å²) in [5.74, 6) is -8.12. The largest absolute Gasteiger partial charge is 0.465 e. The topological polar surface area (TPSA) is 26.3 Å². The second-order valence-electron chi connectivity index (χ2n) is 3.28. The van der Waals surface area contributed by atoms with Crippen LogP contribution in [0.4, 0.5) is 22.0 Å². The van der Waals surface area contributed by atoms with Crippen LogP contribution in [0, 0.1) is 0 Å². The van der Waals surface area contributed by atoms with Crippen LogP contribution in [0.5, 0.6) is 0 Å². The third kappa shape index (κ3) is 3.41. The van der Waals surface area contributed by atoms with Gasteiger partial charge in [0.05, 0.1) is 0 Å². The number of alkyl halides is 5. The highest BCUT2D eigenvalue weighted by Gasteiger charge is 2.64. The van der Waals surface area contributed by atoms with E-state index in [1.54, 1.807) is 6.07 Å². The van der Waals surface area contributed by atoms with Crippen LogP contribution in [0.3, 0.4) is 0 Å². The number of hydrogen-bond acceptors (Lipinski definition) is 2. The Morgan fingerprint density at radius 3 is 2.33 bits per heavy atom. The van der Waals surface area contributed by atoms with Crippen molar-refractivity contribution in [2.45, 2.75) is 18.7 Å². The van der Waals surface area contributed by atoms with E-state index in [4.69, 9.17) is 0 Å². The standard InChI is InChI=1S/C10H6BrF5O2/c11-7-3-1-2-6(4-7)5-18-8(17)9(12,13)10(14,15)16/h1-4H,5H2. The third-order valence-electron chi connectivity index (χ3n) is 1.87. The molecule has 8 heteroatoms. The van der Waals surface area contributed by atoms with E-state index in [-0.39, 0.29) is 5.56 Å². The molecule has 0 radical (unpaired) electrons. The third-order valence-corrected chi connectivity index (χ3v) is 2.36. The van der Waals surface area contributed by atoms with Crippen molar-refractivity contribution >= 4 is 21.9 Å². The summed E-state index contributed by atoms with van der Waals surface area (Å²) in [7, 11) is 0. The van der Waals surface area contributed by atoms with Crippen molar-refractivity contribution in [3.63, 3.8) is 0 Å². The molecular formula is C10H6BrF5O2. The number of rotatable bonds is 3. The summed E-state index contributed by atoms with van der Waals surface area (Å²) in [4.78, 5) is 10.7. The quantitative estimate of drug-likeness (QED) is 0.623. The van der Waals surface area contributed by atoms with Gasteiger partial charge in [0.2, 0.25) is 0 Å². The first-order chi connectivity index (χ1) is 8.14. The highest BCUT2D eigenvalue weighted by molar-refractivity contribution is 9.10. The molecule has 0 N–H and O–H groups in total. The van der Waals surface area contributed by atoms with Gasteiger partial charge in [-0.3, -0.25) is 0 Å². The lowest BCUT2D eigenvalue weighted by Crippen LogP contribution is -2.45. The van der Waals surface area contributed by atoms with Gasteiger partial charge < -0.3 is 4.74 Å². The molecule has 0 saturated heterocycles. The van der Waals surface area contributed by atoms with E-state index in [1.165, 1.54) is 18.2 Å². The molecule has 2 nitrogen and oxygen atoms in total. The summed E-state index contributed by atoms with van der Waals surface area (Å²) >= 11 is 3.07. The molecule has 18 heavy (non-hydrogen) atoms. The van der Waals surface area contributed by atoms with E-state index >= 15 is 0 Å². The van der Waals surface area contributed by atoms with Gasteiger partial charge >= 0.3 is 18.1 Å². The maximum atomic E-state index is 12.5. The predicted molar refractivity (Wildman–Crippen MR) is 54.9 cm³/mol. The average molecular weight is 333 g/mol. The lowest BCUT2D eigenvalue weighted by molar-refractivity contribution is -0.281. The fourth-order valence-electron chi connectivity index (χ4n) is 0.982. The molecule has 1 rings (SSSR count). The van der Waals surface area contributed by atoms with Gasteiger partial charge in [0.1, 0.15) is 6.61 Å². The smallest absolute Gasteiger partial charge is 0.456 e. The Balaban J connectivity index is 2.67. The minimum atomic E-state index is -5.96. The van der Waals surface area contributed by atoms with E-state index in [0.717, 1.165) is 0 Å². The molecule has 0 unspecified atom stereocenters. The summed E-state index contributed by atoms with van der Waals surface area (Å²) in [6.07, 6.45) is -5.96. The molecule has 100 valence electrons. The Hall–Kier alpha value is -1.18. The molecular weight excluding hydrogens is 327 g/mol. The van der Waals surface area contributed by atoms with Crippen molar-refractivity contribution < 1.29 is 31.5 Å². The van der Waals surface area contributed by atoms with Crippen LogP contribution >= 0.6 is 15.9 Å². The zero-order valence-corrected chi connectivity index (χ0v) is 10.2. The van der Waals surface area contributed by atoms with Gasteiger partial charge in [-0.2, -0.15) is 22.0 Å². The van der Waals surface area contributed by atoms with Gasteiger partial charge in [0, 0.05) is 4.47 Å².